The third kappa shape index (κ3) is 8.88. The molecule has 1 heterocycles. The van der Waals surface area contributed by atoms with E-state index in [9.17, 15) is 17.6 Å². The largest absolute Gasteiger partial charge is 0.573 e. The minimum absolute atomic E-state index is 0.0301. The maximum atomic E-state index is 15.2. The average Bonchev–Trinajstić information content (AvgIpc) is 2.93. The Balaban J connectivity index is 1.26. The fourth-order valence-corrected chi connectivity index (χ4v) is 4.77. The van der Waals surface area contributed by atoms with Crippen LogP contribution in [0.1, 0.15) is 55.7 Å². The third-order valence-corrected chi connectivity index (χ3v) is 6.96. The molecule has 0 amide bonds. The van der Waals surface area contributed by atoms with Gasteiger partial charge in [0.25, 0.3) is 0 Å². The third-order valence-electron chi connectivity index (χ3n) is 6.96. The molecule has 1 aliphatic rings. The van der Waals surface area contributed by atoms with E-state index in [4.69, 9.17) is 14.2 Å². The van der Waals surface area contributed by atoms with Gasteiger partial charge in [-0.2, -0.15) is 0 Å². The molecule has 0 atom stereocenters. The second-order valence-corrected chi connectivity index (χ2v) is 10.1. The molecule has 0 aliphatic carbocycles. The van der Waals surface area contributed by atoms with Gasteiger partial charge in [0.1, 0.15) is 11.9 Å². The molecule has 1 saturated heterocycles. The fraction of sp³-hybridized carbons (Fsp3) is 0.484. The van der Waals surface area contributed by atoms with E-state index in [0.717, 1.165) is 36.1 Å². The van der Waals surface area contributed by atoms with Crippen molar-refractivity contribution in [3.63, 3.8) is 0 Å². The first-order valence-electron chi connectivity index (χ1n) is 13.8. The molecule has 0 aromatic heterocycles. The second kappa shape index (κ2) is 14.2. The van der Waals surface area contributed by atoms with Crippen molar-refractivity contribution >= 4 is 10.8 Å². The van der Waals surface area contributed by atoms with Crippen molar-refractivity contribution in [2.45, 2.75) is 77.0 Å². The predicted molar refractivity (Wildman–Crippen MR) is 142 cm³/mol. The summed E-state index contributed by atoms with van der Waals surface area (Å²) in [6.45, 7) is 3.94. The van der Waals surface area contributed by atoms with Crippen LogP contribution in [-0.4, -0.2) is 38.6 Å². The molecular weight excluding hydrogens is 531 g/mol. The van der Waals surface area contributed by atoms with E-state index in [-0.39, 0.29) is 31.1 Å². The van der Waals surface area contributed by atoms with Crippen LogP contribution in [0.25, 0.3) is 10.8 Å². The van der Waals surface area contributed by atoms with Gasteiger partial charge in [-0.05, 0) is 59.9 Å². The van der Waals surface area contributed by atoms with Crippen LogP contribution < -0.4 is 4.74 Å². The van der Waals surface area contributed by atoms with Crippen molar-refractivity contribution in [2.24, 2.45) is 0 Å². The van der Waals surface area contributed by atoms with E-state index in [1.54, 1.807) is 12.1 Å². The smallest absolute Gasteiger partial charge is 0.403 e. The summed E-state index contributed by atoms with van der Waals surface area (Å²) in [6.07, 6.45) is 1.26. The van der Waals surface area contributed by atoms with Crippen LogP contribution in [0.15, 0.2) is 48.5 Å². The Labute approximate surface area is 231 Å². The lowest BCUT2D eigenvalue weighted by atomic mass is 9.98. The highest BCUT2D eigenvalue weighted by Crippen LogP contribution is 2.28. The first kappa shape index (κ1) is 30.2. The molecule has 0 bridgehead atoms. The zero-order valence-corrected chi connectivity index (χ0v) is 22.6. The fourth-order valence-electron chi connectivity index (χ4n) is 4.77. The number of unbranched alkanes of at least 4 members (excludes halogenated alkanes) is 3. The summed E-state index contributed by atoms with van der Waals surface area (Å²) in [6, 6.07) is 12.4. The molecule has 4 nitrogen and oxygen atoms in total. The van der Waals surface area contributed by atoms with Crippen LogP contribution in [0, 0.1) is 11.6 Å². The normalized spacial score (nSPS) is 17.9. The molecular formula is C31H35F5O4. The number of fused-ring (bicyclic) bond motifs is 1. The Morgan fingerprint density at radius 2 is 1.60 bits per heavy atom. The number of ether oxygens (including phenoxy) is 4. The van der Waals surface area contributed by atoms with Crippen molar-refractivity contribution in [3.05, 3.63) is 76.9 Å². The van der Waals surface area contributed by atoms with E-state index in [0.29, 0.717) is 42.6 Å². The second-order valence-electron chi connectivity index (χ2n) is 10.1. The van der Waals surface area contributed by atoms with Gasteiger partial charge in [-0.3, -0.25) is 0 Å². The molecule has 40 heavy (non-hydrogen) atoms. The first-order valence-corrected chi connectivity index (χ1v) is 13.8. The highest BCUT2D eigenvalue weighted by Gasteiger charge is 2.32. The summed E-state index contributed by atoms with van der Waals surface area (Å²) in [5, 5.41) is 1.24. The molecule has 0 unspecified atom stereocenters. The van der Waals surface area contributed by atoms with Gasteiger partial charge < -0.3 is 18.9 Å². The highest BCUT2D eigenvalue weighted by atomic mass is 19.4. The van der Waals surface area contributed by atoms with Gasteiger partial charge >= 0.3 is 6.36 Å². The summed E-state index contributed by atoms with van der Waals surface area (Å²) >= 11 is 0. The molecule has 3 aromatic rings. The summed E-state index contributed by atoms with van der Waals surface area (Å²) in [5.74, 6) is -2.37. The molecule has 0 spiro atoms. The lowest BCUT2D eigenvalue weighted by Gasteiger charge is -2.29. The SMILES string of the molecule is CCCCCCOC1COC(CCc2ccc3c(F)c(CCc4ccc(OC(F)(F)F)c(F)c4)ccc3c2)OC1. The van der Waals surface area contributed by atoms with Gasteiger partial charge in [-0.25, -0.2) is 8.78 Å². The first-order chi connectivity index (χ1) is 19.2. The zero-order valence-electron chi connectivity index (χ0n) is 22.6. The van der Waals surface area contributed by atoms with E-state index < -0.39 is 17.9 Å². The average molecular weight is 567 g/mol. The van der Waals surface area contributed by atoms with Crippen LogP contribution >= 0.6 is 0 Å². The molecule has 9 heteroatoms. The van der Waals surface area contributed by atoms with Gasteiger partial charge in [-0.15, -0.1) is 13.2 Å². The Morgan fingerprint density at radius 1 is 0.850 bits per heavy atom. The Bertz CT molecular complexity index is 1240. The number of benzene rings is 3. The number of hydrogen-bond donors (Lipinski definition) is 0. The number of hydrogen-bond acceptors (Lipinski definition) is 4. The summed E-state index contributed by atoms with van der Waals surface area (Å²) in [7, 11) is 0. The number of halogens is 5. The van der Waals surface area contributed by atoms with Crippen LogP contribution in [0.3, 0.4) is 0 Å². The molecule has 0 saturated carbocycles. The Hall–Kier alpha value is -2.75. The minimum Gasteiger partial charge on any atom is -0.403 e. The van der Waals surface area contributed by atoms with Crippen molar-refractivity contribution < 1.29 is 40.9 Å². The Morgan fingerprint density at radius 3 is 2.33 bits per heavy atom. The van der Waals surface area contributed by atoms with Gasteiger partial charge in [0.2, 0.25) is 0 Å². The van der Waals surface area contributed by atoms with Crippen LogP contribution in [-0.2, 0) is 33.5 Å². The standard InChI is InChI=1S/C31H35F5O4/c1-2-3-4-5-16-37-25-19-38-29(39-20-25)15-9-21-7-13-26-24(17-21)12-11-23(30(26)33)10-6-22-8-14-28(27(32)18-22)40-31(34,35)36/h7-8,11-14,17-18,25,29H,2-6,9-10,15-16,19-20H2,1H3. The zero-order chi connectivity index (χ0) is 28.5. The quantitative estimate of drug-likeness (QED) is 0.155. The van der Waals surface area contributed by atoms with E-state index >= 15 is 4.39 Å². The Kier molecular flexibility index (Phi) is 10.8. The van der Waals surface area contributed by atoms with E-state index in [1.165, 1.54) is 25.3 Å². The van der Waals surface area contributed by atoms with Crippen LogP contribution in [0.5, 0.6) is 5.75 Å². The number of rotatable bonds is 13. The van der Waals surface area contributed by atoms with Crippen molar-refractivity contribution in [3.8, 4) is 5.75 Å². The molecule has 0 N–H and O–H groups in total. The van der Waals surface area contributed by atoms with Gasteiger partial charge in [-0.1, -0.05) is 62.6 Å². The summed E-state index contributed by atoms with van der Waals surface area (Å²) < 4.78 is 87.4. The van der Waals surface area contributed by atoms with E-state index in [1.807, 2.05) is 18.2 Å². The van der Waals surface area contributed by atoms with Crippen molar-refractivity contribution in [2.75, 3.05) is 19.8 Å². The molecule has 1 fully saturated rings. The molecule has 218 valence electrons. The van der Waals surface area contributed by atoms with Crippen molar-refractivity contribution in [1.82, 2.24) is 0 Å². The van der Waals surface area contributed by atoms with Gasteiger partial charge in [0, 0.05) is 18.4 Å². The lowest BCUT2D eigenvalue weighted by Crippen LogP contribution is -2.37. The van der Waals surface area contributed by atoms with Crippen molar-refractivity contribution in [1.29, 1.82) is 0 Å². The van der Waals surface area contributed by atoms with E-state index in [2.05, 4.69) is 11.7 Å². The molecule has 1 aliphatic heterocycles. The van der Waals surface area contributed by atoms with Gasteiger partial charge in [0.05, 0.1) is 13.2 Å². The maximum Gasteiger partial charge on any atom is 0.573 e. The maximum absolute atomic E-state index is 15.2. The summed E-state index contributed by atoms with van der Waals surface area (Å²) in [4.78, 5) is 0. The number of alkyl halides is 3. The highest BCUT2D eigenvalue weighted by molar-refractivity contribution is 5.84. The van der Waals surface area contributed by atoms with Crippen LogP contribution in [0.2, 0.25) is 0 Å². The van der Waals surface area contributed by atoms with Gasteiger partial charge in [0.15, 0.2) is 17.9 Å². The lowest BCUT2D eigenvalue weighted by molar-refractivity contribution is -0.275. The predicted octanol–water partition coefficient (Wildman–Crippen LogP) is 8.07. The monoisotopic (exact) mass is 566 g/mol. The number of aryl methyl sites for hydroxylation is 3. The molecule has 4 rings (SSSR count). The topological polar surface area (TPSA) is 36.9 Å². The minimum atomic E-state index is -4.97. The molecule has 0 radical (unpaired) electrons. The summed E-state index contributed by atoms with van der Waals surface area (Å²) in [5.41, 5.74) is 1.93. The molecule has 3 aromatic carbocycles. The van der Waals surface area contributed by atoms with Crippen LogP contribution in [0.4, 0.5) is 22.0 Å².